The summed E-state index contributed by atoms with van der Waals surface area (Å²) in [5, 5.41) is 16.0. The van der Waals surface area contributed by atoms with Crippen molar-refractivity contribution >= 4 is 31.6 Å². The molecule has 0 saturated carbocycles. The Morgan fingerprint density at radius 1 is 1.30 bits per heavy atom. The molecule has 1 aromatic carbocycles. The number of hydrogen-bond donors (Lipinski definition) is 3. The van der Waals surface area contributed by atoms with E-state index < -0.39 is 31.6 Å². The molecule has 220 valence electrons. The molecule has 1 spiro atoms. The molecule has 3 aliphatic rings. The van der Waals surface area contributed by atoms with Crippen LogP contribution in [0.15, 0.2) is 41.5 Å². The smallest absolute Gasteiger partial charge is 0.264 e. The third-order valence-electron chi connectivity index (χ3n) is 8.73. The number of fused-ring (bicyclic) bond motifs is 2. The lowest BCUT2D eigenvalue weighted by Crippen LogP contribution is -2.45. The van der Waals surface area contributed by atoms with Gasteiger partial charge >= 0.3 is 0 Å². The molecule has 2 fully saturated rings. The summed E-state index contributed by atoms with van der Waals surface area (Å²) in [5.74, 6) is -0.735. The van der Waals surface area contributed by atoms with Crippen LogP contribution in [-0.4, -0.2) is 57.2 Å². The van der Waals surface area contributed by atoms with Gasteiger partial charge in [-0.05, 0) is 90.7 Å². The number of amides is 2. The molecule has 5 atom stereocenters. The first-order chi connectivity index (χ1) is 18.9. The van der Waals surface area contributed by atoms with Crippen LogP contribution in [0, 0.1) is 5.92 Å². The van der Waals surface area contributed by atoms with Crippen LogP contribution < -0.4 is 15.5 Å². The number of allylic oxidation sites excluding steroid dienone is 3. The maximum absolute atomic E-state index is 15.8. The number of halogens is 1. The van der Waals surface area contributed by atoms with E-state index in [9.17, 15) is 14.7 Å². The summed E-state index contributed by atoms with van der Waals surface area (Å²) in [6.45, 7) is 12.5. The molecule has 0 unspecified atom stereocenters. The molecule has 1 aromatic rings. The van der Waals surface area contributed by atoms with Gasteiger partial charge in [-0.2, -0.15) is 0 Å². The highest BCUT2D eigenvalue weighted by Crippen LogP contribution is 2.60. The number of hydrogen-bond acceptors (Lipinski definition) is 5. The molecule has 0 bridgehead atoms. The number of nitrogens with one attached hydrogen (secondary N) is 2. The molecule has 40 heavy (non-hydrogen) atoms. The quantitative estimate of drug-likeness (QED) is 0.194. The number of aliphatic hydroxyl groups is 1. The maximum Gasteiger partial charge on any atom is 0.264 e. The van der Waals surface area contributed by atoms with E-state index in [-0.39, 0.29) is 30.9 Å². The molecule has 9 heteroatoms. The standard InChI is InChI=1S/C31H46FN3O4Si/c1-20(2)9-7-10-21(3)14-17-35-26-13-12-23(34-29(37)25-11-8-16-33-25)19-24(26)31(30(35)38)22(4)28(40(5,6)32)27(39-31)15-18-36/h9,12-14,19,22,25,27-28,33,36H,7-8,10-11,15-18H2,1-6H3,(H,34,37)/b21-14+/t22-,25+,27+,28-,31+/m0/s1. The summed E-state index contributed by atoms with van der Waals surface area (Å²) < 4.78 is 22.4. The van der Waals surface area contributed by atoms with Gasteiger partial charge in [0.25, 0.3) is 5.91 Å². The summed E-state index contributed by atoms with van der Waals surface area (Å²) in [5.41, 5.74) is 2.63. The predicted octanol–water partition coefficient (Wildman–Crippen LogP) is 5.57. The van der Waals surface area contributed by atoms with E-state index >= 15 is 4.11 Å². The summed E-state index contributed by atoms with van der Waals surface area (Å²) >= 11 is 0. The summed E-state index contributed by atoms with van der Waals surface area (Å²) in [4.78, 5) is 29.0. The Labute approximate surface area is 239 Å². The fourth-order valence-electron chi connectivity index (χ4n) is 6.78. The molecular formula is C31H46FN3O4Si. The minimum absolute atomic E-state index is 0.101. The van der Waals surface area contributed by atoms with Crippen LogP contribution >= 0.6 is 0 Å². The lowest BCUT2D eigenvalue weighted by molar-refractivity contribution is -0.146. The van der Waals surface area contributed by atoms with Crippen molar-refractivity contribution in [2.45, 2.75) is 96.2 Å². The van der Waals surface area contributed by atoms with Crippen LogP contribution in [0.4, 0.5) is 15.5 Å². The van der Waals surface area contributed by atoms with E-state index in [2.05, 4.69) is 43.6 Å². The molecule has 3 N–H and O–H groups in total. The van der Waals surface area contributed by atoms with Gasteiger partial charge in [0.2, 0.25) is 14.3 Å². The third-order valence-corrected chi connectivity index (χ3v) is 11.2. The second-order valence-electron chi connectivity index (χ2n) is 12.4. The molecule has 2 saturated heterocycles. The number of ether oxygens (including phenoxy) is 1. The predicted molar refractivity (Wildman–Crippen MR) is 161 cm³/mol. The first-order valence-corrected chi connectivity index (χ1v) is 17.6. The molecule has 4 rings (SSSR count). The first-order valence-electron chi connectivity index (χ1n) is 14.7. The monoisotopic (exact) mass is 571 g/mol. The van der Waals surface area contributed by atoms with Gasteiger partial charge in [-0.3, -0.25) is 9.59 Å². The van der Waals surface area contributed by atoms with Crippen LogP contribution in [0.3, 0.4) is 0 Å². The number of nitrogens with zero attached hydrogens (tertiary/aromatic N) is 1. The van der Waals surface area contributed by atoms with Crippen molar-refractivity contribution in [3.8, 4) is 0 Å². The topological polar surface area (TPSA) is 90.9 Å². The van der Waals surface area contributed by atoms with Gasteiger partial charge in [-0.1, -0.05) is 30.2 Å². The van der Waals surface area contributed by atoms with Gasteiger partial charge in [0.05, 0.1) is 17.8 Å². The molecule has 0 aromatic heterocycles. The van der Waals surface area contributed by atoms with Crippen molar-refractivity contribution < 1.29 is 23.5 Å². The van der Waals surface area contributed by atoms with Gasteiger partial charge in [0.15, 0.2) is 5.60 Å². The fourth-order valence-corrected chi connectivity index (χ4v) is 9.32. The van der Waals surface area contributed by atoms with E-state index in [0.29, 0.717) is 17.8 Å². The third kappa shape index (κ3) is 5.98. The van der Waals surface area contributed by atoms with Crippen LogP contribution in [0.2, 0.25) is 18.6 Å². The Hall–Kier alpha value is -2.33. The van der Waals surface area contributed by atoms with Crippen molar-refractivity contribution in [1.29, 1.82) is 0 Å². The van der Waals surface area contributed by atoms with Crippen molar-refractivity contribution in [3.05, 3.63) is 47.1 Å². The van der Waals surface area contributed by atoms with Gasteiger partial charge in [0, 0.05) is 35.9 Å². The number of carbonyl (C=O) groups is 2. The molecule has 7 nitrogen and oxygen atoms in total. The molecule has 0 aliphatic carbocycles. The van der Waals surface area contributed by atoms with Crippen molar-refractivity contribution in [1.82, 2.24) is 5.32 Å². The van der Waals surface area contributed by atoms with Crippen molar-refractivity contribution in [2.75, 3.05) is 29.9 Å². The lowest BCUT2D eigenvalue weighted by Gasteiger charge is -2.31. The van der Waals surface area contributed by atoms with E-state index in [1.807, 2.05) is 25.1 Å². The maximum atomic E-state index is 15.8. The minimum Gasteiger partial charge on any atom is -0.396 e. The molecule has 3 heterocycles. The van der Waals surface area contributed by atoms with Gasteiger partial charge in [-0.25, -0.2) is 0 Å². The van der Waals surface area contributed by atoms with Gasteiger partial charge < -0.3 is 29.5 Å². The van der Waals surface area contributed by atoms with Gasteiger partial charge in [-0.15, -0.1) is 0 Å². The van der Waals surface area contributed by atoms with E-state index in [1.165, 1.54) is 11.1 Å². The first kappa shape index (κ1) is 30.6. The van der Waals surface area contributed by atoms with E-state index in [1.54, 1.807) is 18.0 Å². The number of rotatable bonds is 10. The lowest BCUT2D eigenvalue weighted by atomic mass is 9.82. The number of carbonyl (C=O) groups excluding carboxylic acids is 2. The summed E-state index contributed by atoms with van der Waals surface area (Å²) in [6, 6.07) is 5.30. The van der Waals surface area contributed by atoms with Gasteiger partial charge in [0.1, 0.15) is 0 Å². The highest BCUT2D eigenvalue weighted by Gasteiger charge is 2.66. The Kier molecular flexibility index (Phi) is 9.39. The Balaban J connectivity index is 1.72. The molecular weight excluding hydrogens is 525 g/mol. The molecule has 3 aliphatic heterocycles. The Morgan fingerprint density at radius 2 is 2.05 bits per heavy atom. The highest BCUT2D eigenvalue weighted by atomic mass is 28.4. The highest BCUT2D eigenvalue weighted by molar-refractivity contribution is 6.72. The largest absolute Gasteiger partial charge is 0.396 e. The van der Waals surface area contributed by atoms with Crippen molar-refractivity contribution in [2.24, 2.45) is 5.92 Å². The summed E-state index contributed by atoms with van der Waals surface area (Å²) in [7, 11) is -3.27. The minimum atomic E-state index is -3.27. The average molecular weight is 572 g/mol. The van der Waals surface area contributed by atoms with Crippen LogP contribution in [0.5, 0.6) is 0 Å². The second kappa shape index (κ2) is 12.3. The number of benzene rings is 1. The zero-order chi connectivity index (χ0) is 29.2. The van der Waals surface area contributed by atoms with Crippen LogP contribution in [0.25, 0.3) is 0 Å². The van der Waals surface area contributed by atoms with Crippen LogP contribution in [0.1, 0.15) is 65.4 Å². The fraction of sp³-hybridized carbons (Fsp3) is 0.613. The molecule has 0 radical (unpaired) electrons. The molecule has 2 amide bonds. The zero-order valence-electron chi connectivity index (χ0n) is 24.9. The Morgan fingerprint density at radius 3 is 2.67 bits per heavy atom. The number of aliphatic hydroxyl groups excluding tert-OH is 1. The zero-order valence-corrected chi connectivity index (χ0v) is 25.9. The Bertz CT molecular complexity index is 1170. The van der Waals surface area contributed by atoms with E-state index in [4.69, 9.17) is 4.74 Å². The normalized spacial score (nSPS) is 28.4. The summed E-state index contributed by atoms with van der Waals surface area (Å²) in [6.07, 6.45) is 7.58. The number of anilines is 2. The average Bonchev–Trinajstić information content (AvgIpc) is 3.56. The van der Waals surface area contributed by atoms with Crippen molar-refractivity contribution in [3.63, 3.8) is 0 Å². The van der Waals surface area contributed by atoms with E-state index in [0.717, 1.165) is 37.9 Å². The second-order valence-corrected chi connectivity index (χ2v) is 16.2. The van der Waals surface area contributed by atoms with Crippen LogP contribution in [-0.2, 0) is 19.9 Å². The SMILES string of the molecule is CC(C)=CCC/C(C)=C/CN1C(=O)[C@]2(O[C@H](CCO)[C@@H]([Si](C)(C)F)[C@@H]2C)c2cc(NC(=O)[C@H]3CCCN3)ccc21.